The van der Waals surface area contributed by atoms with E-state index in [1.54, 1.807) is 0 Å². The molecule has 0 unspecified atom stereocenters. The topological polar surface area (TPSA) is 106 Å². The Morgan fingerprint density at radius 1 is 1.42 bits per heavy atom. The van der Waals surface area contributed by atoms with Gasteiger partial charge in [-0.3, -0.25) is 0 Å². The van der Waals surface area contributed by atoms with Gasteiger partial charge in [0.1, 0.15) is 5.82 Å². The van der Waals surface area contributed by atoms with Crippen molar-refractivity contribution in [3.63, 3.8) is 0 Å². The van der Waals surface area contributed by atoms with Gasteiger partial charge in [-0.1, -0.05) is 6.92 Å². The summed E-state index contributed by atoms with van der Waals surface area (Å²) in [7, 11) is -3.53. The zero-order valence-corrected chi connectivity index (χ0v) is 11.7. The Balaban J connectivity index is 2.46. The molecule has 0 aliphatic carbocycles. The van der Waals surface area contributed by atoms with Crippen LogP contribution in [0.2, 0.25) is 0 Å². The number of pyridine rings is 1. The van der Waals surface area contributed by atoms with Crippen molar-refractivity contribution in [1.29, 1.82) is 0 Å². The molecule has 4 N–H and O–H groups in total. The maximum absolute atomic E-state index is 11.9. The summed E-state index contributed by atoms with van der Waals surface area (Å²) in [6, 6.07) is 2.78. The van der Waals surface area contributed by atoms with Crippen LogP contribution in [0.25, 0.3) is 0 Å². The molecule has 0 spiro atoms. The number of nitrogens with two attached hydrogens (primary N) is 1. The molecule has 0 bridgehead atoms. The molecule has 108 valence electrons. The van der Waals surface area contributed by atoms with Crippen LogP contribution in [0.3, 0.4) is 0 Å². The van der Waals surface area contributed by atoms with Crippen molar-refractivity contribution in [1.82, 2.24) is 9.71 Å². The maximum Gasteiger partial charge on any atom is 0.240 e. The van der Waals surface area contributed by atoms with Crippen molar-refractivity contribution in [2.24, 2.45) is 5.84 Å². The van der Waals surface area contributed by atoms with Gasteiger partial charge in [-0.25, -0.2) is 24.0 Å². The minimum absolute atomic E-state index is 0.130. The van der Waals surface area contributed by atoms with Crippen molar-refractivity contribution in [2.45, 2.75) is 24.7 Å². The summed E-state index contributed by atoms with van der Waals surface area (Å²) in [5, 5.41) is 0. The van der Waals surface area contributed by atoms with Crippen molar-refractivity contribution in [3.05, 3.63) is 18.3 Å². The summed E-state index contributed by atoms with van der Waals surface area (Å²) in [4.78, 5) is 3.98. The van der Waals surface area contributed by atoms with Crippen LogP contribution in [-0.4, -0.2) is 33.2 Å². The van der Waals surface area contributed by atoms with Crippen LogP contribution in [0, 0.1) is 0 Å². The number of aromatic nitrogens is 1. The number of anilines is 1. The van der Waals surface area contributed by atoms with Gasteiger partial charge >= 0.3 is 0 Å². The smallest absolute Gasteiger partial charge is 0.240 e. The zero-order chi connectivity index (χ0) is 14.1. The third kappa shape index (κ3) is 5.52. The van der Waals surface area contributed by atoms with Crippen LogP contribution in [0.15, 0.2) is 23.2 Å². The lowest BCUT2D eigenvalue weighted by atomic mass is 10.4. The predicted octanol–water partition coefficient (Wildman–Crippen LogP) is 0.462. The highest BCUT2D eigenvalue weighted by Crippen LogP contribution is 2.11. The van der Waals surface area contributed by atoms with E-state index in [0.29, 0.717) is 32.0 Å². The second-order valence-electron chi connectivity index (χ2n) is 3.88. The van der Waals surface area contributed by atoms with E-state index in [-0.39, 0.29) is 4.90 Å². The normalized spacial score (nSPS) is 11.5. The van der Waals surface area contributed by atoms with E-state index >= 15 is 0 Å². The van der Waals surface area contributed by atoms with E-state index in [9.17, 15) is 8.42 Å². The first-order valence-corrected chi connectivity index (χ1v) is 7.58. The Hall–Kier alpha value is -1.22. The molecule has 7 nitrogen and oxygen atoms in total. The van der Waals surface area contributed by atoms with Crippen LogP contribution in [-0.2, 0) is 14.8 Å². The quantitative estimate of drug-likeness (QED) is 0.346. The summed E-state index contributed by atoms with van der Waals surface area (Å²) in [6.45, 7) is 3.60. The monoisotopic (exact) mass is 288 g/mol. The van der Waals surface area contributed by atoms with E-state index < -0.39 is 10.0 Å². The van der Waals surface area contributed by atoms with Crippen LogP contribution < -0.4 is 16.0 Å². The Labute approximate surface area is 113 Å². The van der Waals surface area contributed by atoms with Crippen LogP contribution in [0.4, 0.5) is 5.82 Å². The van der Waals surface area contributed by atoms with E-state index in [0.717, 1.165) is 6.42 Å². The summed E-state index contributed by atoms with van der Waals surface area (Å²) in [5.74, 6) is 5.49. The number of sulfonamides is 1. The molecule has 0 amide bonds. The summed E-state index contributed by atoms with van der Waals surface area (Å²) >= 11 is 0. The lowest BCUT2D eigenvalue weighted by molar-refractivity contribution is 0.133. The molecular formula is C11H20N4O3S. The van der Waals surface area contributed by atoms with Gasteiger partial charge in [0.15, 0.2) is 0 Å². The zero-order valence-electron chi connectivity index (χ0n) is 10.9. The van der Waals surface area contributed by atoms with E-state index in [1.807, 2.05) is 6.92 Å². The lowest BCUT2D eigenvalue weighted by Crippen LogP contribution is -2.26. The van der Waals surface area contributed by atoms with E-state index in [1.165, 1.54) is 18.3 Å². The lowest BCUT2D eigenvalue weighted by Gasteiger charge is -2.08. The minimum atomic E-state index is -3.53. The van der Waals surface area contributed by atoms with Gasteiger partial charge < -0.3 is 10.2 Å². The molecule has 1 aromatic rings. The standard InChI is InChI=1S/C11H20N4O3S/c1-2-7-18-8-3-5-14-19(16,17)10-4-6-13-11(9-10)15-12/h4,6,9,14H,2-3,5,7-8,12H2,1H3,(H,13,15). The molecule has 0 aliphatic rings. The maximum atomic E-state index is 11.9. The highest BCUT2D eigenvalue weighted by molar-refractivity contribution is 7.89. The first-order chi connectivity index (χ1) is 9.10. The van der Waals surface area contributed by atoms with Gasteiger partial charge in [-0.15, -0.1) is 0 Å². The summed E-state index contributed by atoms with van der Waals surface area (Å²) < 4.78 is 31.6. The fourth-order valence-corrected chi connectivity index (χ4v) is 2.45. The number of hydrogen-bond donors (Lipinski definition) is 3. The second kappa shape index (κ2) is 8.05. The molecule has 8 heteroatoms. The first kappa shape index (κ1) is 15.8. The number of rotatable bonds is 9. The largest absolute Gasteiger partial charge is 0.381 e. The van der Waals surface area contributed by atoms with Crippen molar-refractivity contribution < 1.29 is 13.2 Å². The van der Waals surface area contributed by atoms with Crippen LogP contribution in [0.1, 0.15) is 19.8 Å². The molecule has 0 saturated heterocycles. The second-order valence-corrected chi connectivity index (χ2v) is 5.65. The molecule has 1 rings (SSSR count). The summed E-state index contributed by atoms with van der Waals surface area (Å²) in [6.07, 6.45) is 2.97. The average Bonchev–Trinajstić information content (AvgIpc) is 2.43. The third-order valence-corrected chi connectivity index (χ3v) is 3.75. The fourth-order valence-electron chi connectivity index (χ4n) is 1.37. The number of hydrogen-bond acceptors (Lipinski definition) is 6. The number of nitrogens with one attached hydrogen (secondary N) is 2. The minimum Gasteiger partial charge on any atom is -0.381 e. The molecule has 0 aromatic carbocycles. The molecule has 1 aromatic heterocycles. The van der Waals surface area contributed by atoms with Gasteiger partial charge in [-0.2, -0.15) is 0 Å². The fraction of sp³-hybridized carbons (Fsp3) is 0.545. The van der Waals surface area contributed by atoms with Gasteiger partial charge in [-0.05, 0) is 18.9 Å². The Morgan fingerprint density at radius 2 is 2.21 bits per heavy atom. The van der Waals surface area contributed by atoms with Crippen LogP contribution in [0.5, 0.6) is 0 Å². The molecule has 0 atom stereocenters. The van der Waals surface area contributed by atoms with Gasteiger partial charge in [0.2, 0.25) is 10.0 Å². The Kier molecular flexibility index (Phi) is 6.71. The molecule has 1 heterocycles. The Bertz CT molecular complexity index is 479. The molecule has 19 heavy (non-hydrogen) atoms. The number of nitrogen functional groups attached to an aromatic ring is 1. The van der Waals surface area contributed by atoms with Crippen molar-refractivity contribution in [2.75, 3.05) is 25.2 Å². The first-order valence-electron chi connectivity index (χ1n) is 6.10. The number of ether oxygens (including phenoxy) is 1. The van der Waals surface area contributed by atoms with E-state index in [4.69, 9.17) is 10.6 Å². The average molecular weight is 288 g/mol. The molecule has 0 fully saturated rings. The molecule has 0 radical (unpaired) electrons. The Morgan fingerprint density at radius 3 is 2.89 bits per heavy atom. The van der Waals surface area contributed by atoms with Gasteiger partial charge in [0.05, 0.1) is 4.90 Å². The highest BCUT2D eigenvalue weighted by atomic mass is 32.2. The highest BCUT2D eigenvalue weighted by Gasteiger charge is 2.13. The van der Waals surface area contributed by atoms with Crippen molar-refractivity contribution in [3.8, 4) is 0 Å². The van der Waals surface area contributed by atoms with E-state index in [2.05, 4.69) is 15.1 Å². The predicted molar refractivity (Wildman–Crippen MR) is 73.0 cm³/mol. The number of hydrazine groups is 1. The molecular weight excluding hydrogens is 268 g/mol. The third-order valence-electron chi connectivity index (χ3n) is 2.30. The summed E-state index contributed by atoms with van der Waals surface area (Å²) in [5.41, 5.74) is 2.31. The van der Waals surface area contributed by atoms with Gasteiger partial charge in [0, 0.05) is 32.0 Å². The van der Waals surface area contributed by atoms with Crippen LogP contribution >= 0.6 is 0 Å². The molecule has 0 aliphatic heterocycles. The van der Waals surface area contributed by atoms with Gasteiger partial charge in [0.25, 0.3) is 0 Å². The molecule has 0 saturated carbocycles. The SMILES string of the molecule is CCCOCCCNS(=O)(=O)c1ccnc(NN)c1. The number of nitrogens with zero attached hydrogens (tertiary/aromatic N) is 1. The van der Waals surface area contributed by atoms with Crippen molar-refractivity contribution >= 4 is 15.8 Å².